The van der Waals surface area contributed by atoms with Crippen molar-refractivity contribution in [1.82, 2.24) is 9.78 Å². The molecule has 0 bridgehead atoms. The Morgan fingerprint density at radius 2 is 1.74 bits per heavy atom. The summed E-state index contributed by atoms with van der Waals surface area (Å²) < 4.78 is 21.7. The molecule has 6 rings (SSSR count). The molecule has 31 heavy (non-hydrogen) atoms. The number of para-hydroxylation sites is 1. The first-order valence-corrected chi connectivity index (χ1v) is 10.4. The zero-order valence-corrected chi connectivity index (χ0v) is 17.0. The second kappa shape index (κ2) is 6.91. The van der Waals surface area contributed by atoms with E-state index in [0.29, 0.717) is 6.61 Å². The Labute approximate surface area is 179 Å². The average molecular weight is 409 g/mol. The maximum absolute atomic E-state index is 13.7. The largest absolute Gasteiger partial charge is 0.492 e. The van der Waals surface area contributed by atoms with Gasteiger partial charge in [0.15, 0.2) is 5.82 Å². The maximum Gasteiger partial charge on any atom is 0.151 e. The molecule has 1 aromatic heterocycles. The quantitative estimate of drug-likeness (QED) is 0.424. The molecular formula is C26H20FN3O. The minimum absolute atomic E-state index is 0.0152. The van der Waals surface area contributed by atoms with Gasteiger partial charge in [-0.05, 0) is 36.8 Å². The summed E-state index contributed by atoms with van der Waals surface area (Å²) in [5, 5.41) is 4.94. The van der Waals surface area contributed by atoms with Crippen molar-refractivity contribution in [1.29, 1.82) is 0 Å². The number of aryl methyl sites for hydroxylation is 1. The summed E-state index contributed by atoms with van der Waals surface area (Å²) in [6.07, 6.45) is 0. The zero-order valence-electron chi connectivity index (χ0n) is 17.0. The van der Waals surface area contributed by atoms with E-state index >= 15 is 0 Å². The van der Waals surface area contributed by atoms with Gasteiger partial charge in [-0.3, -0.25) is 0 Å². The smallest absolute Gasteiger partial charge is 0.151 e. The van der Waals surface area contributed by atoms with Crippen molar-refractivity contribution >= 4 is 11.5 Å². The van der Waals surface area contributed by atoms with Gasteiger partial charge in [0.1, 0.15) is 11.6 Å². The molecular weight excluding hydrogens is 389 g/mol. The third kappa shape index (κ3) is 2.96. The normalized spacial score (nSPS) is 19.0. The Bertz CT molecular complexity index is 1310. The number of halogens is 1. The van der Waals surface area contributed by atoms with Gasteiger partial charge in [0.25, 0.3) is 0 Å². The fraction of sp³-hybridized carbons (Fsp3) is 0.154. The lowest BCUT2D eigenvalue weighted by Crippen LogP contribution is -2.38. The lowest BCUT2D eigenvalue weighted by molar-refractivity contribution is 0.235. The molecule has 2 aliphatic rings. The molecule has 0 radical (unpaired) electrons. The van der Waals surface area contributed by atoms with E-state index in [4.69, 9.17) is 14.8 Å². The van der Waals surface area contributed by atoms with Crippen molar-refractivity contribution < 1.29 is 9.13 Å². The molecule has 152 valence electrons. The second-order valence-corrected chi connectivity index (χ2v) is 8.11. The summed E-state index contributed by atoms with van der Waals surface area (Å²) >= 11 is 0. The van der Waals surface area contributed by atoms with Crippen LogP contribution in [0.2, 0.25) is 0 Å². The molecule has 0 amide bonds. The van der Waals surface area contributed by atoms with Crippen molar-refractivity contribution in [3.8, 4) is 17.0 Å². The Kier molecular flexibility index (Phi) is 4.03. The fourth-order valence-corrected chi connectivity index (χ4v) is 4.51. The molecule has 0 N–H and O–H groups in total. The lowest BCUT2D eigenvalue weighted by Gasteiger charge is -2.36. The number of hydrogen-bond acceptors (Lipinski definition) is 3. The topological polar surface area (TPSA) is 39.4 Å². The first-order chi connectivity index (χ1) is 15.2. The summed E-state index contributed by atoms with van der Waals surface area (Å²) in [5.41, 5.74) is 6.12. The van der Waals surface area contributed by atoms with Crippen LogP contribution in [0.15, 0.2) is 83.9 Å². The van der Waals surface area contributed by atoms with Crippen molar-refractivity contribution in [3.63, 3.8) is 0 Å². The Morgan fingerprint density at radius 1 is 0.968 bits per heavy atom. The van der Waals surface area contributed by atoms with E-state index in [-0.39, 0.29) is 17.8 Å². The molecule has 2 atom stereocenters. The highest BCUT2D eigenvalue weighted by atomic mass is 19.1. The number of rotatable bonds is 2. The molecule has 0 saturated heterocycles. The van der Waals surface area contributed by atoms with Crippen LogP contribution in [0, 0.1) is 18.7 Å². The molecule has 5 heteroatoms. The van der Waals surface area contributed by atoms with Gasteiger partial charge in [0, 0.05) is 17.2 Å². The lowest BCUT2D eigenvalue weighted by atomic mass is 9.83. The Hall–Kier alpha value is -3.73. The molecule has 2 aliphatic heterocycles. The summed E-state index contributed by atoms with van der Waals surface area (Å²) in [7, 11) is 0. The average Bonchev–Trinajstić information content (AvgIpc) is 3.22. The number of nitrogens with zero attached hydrogens (tertiary/aromatic N) is 3. The van der Waals surface area contributed by atoms with Crippen LogP contribution < -0.4 is 4.74 Å². The van der Waals surface area contributed by atoms with Crippen LogP contribution in [0.3, 0.4) is 0 Å². The minimum Gasteiger partial charge on any atom is -0.492 e. The monoisotopic (exact) mass is 409 g/mol. The van der Waals surface area contributed by atoms with Gasteiger partial charge in [-0.25, -0.2) is 14.1 Å². The van der Waals surface area contributed by atoms with E-state index < -0.39 is 0 Å². The summed E-state index contributed by atoms with van der Waals surface area (Å²) in [4.78, 5) is 5.03. The van der Waals surface area contributed by atoms with Gasteiger partial charge in [-0.2, -0.15) is 5.10 Å². The summed E-state index contributed by atoms with van der Waals surface area (Å²) in [6.45, 7) is 2.57. The van der Waals surface area contributed by atoms with Gasteiger partial charge < -0.3 is 4.74 Å². The second-order valence-electron chi connectivity index (χ2n) is 8.11. The molecule has 4 nitrogen and oxygen atoms in total. The third-order valence-corrected chi connectivity index (χ3v) is 6.09. The van der Waals surface area contributed by atoms with Gasteiger partial charge in [-0.1, -0.05) is 54.1 Å². The van der Waals surface area contributed by atoms with Crippen LogP contribution in [0.25, 0.3) is 11.3 Å². The van der Waals surface area contributed by atoms with Crippen LogP contribution in [0.4, 0.5) is 10.2 Å². The highest BCUT2D eigenvalue weighted by Crippen LogP contribution is 2.43. The molecule has 0 fully saturated rings. The van der Waals surface area contributed by atoms with Crippen LogP contribution in [0.1, 0.15) is 22.7 Å². The van der Waals surface area contributed by atoms with E-state index in [9.17, 15) is 4.39 Å². The van der Waals surface area contributed by atoms with Crippen LogP contribution in [0.5, 0.6) is 5.75 Å². The molecule has 3 heterocycles. The number of ether oxygens (including phenoxy) is 1. The molecule has 0 spiro atoms. The van der Waals surface area contributed by atoms with Crippen molar-refractivity contribution in [2.45, 2.75) is 13.0 Å². The molecule has 4 aromatic rings. The number of fused-ring (bicyclic) bond motifs is 4. The number of benzene rings is 3. The standard InChI is InChI=1S/C26H20FN3O/c1-16-6-8-17(9-7-16)22-14-24-28-25-20-4-2-3-5-23(20)31-15-21(25)26(30(24)29-22)18-10-12-19(27)13-11-18/h2-14,21,26H,15H2,1H3/t21-,26-/m1/s1. The maximum atomic E-state index is 13.7. The van der Waals surface area contributed by atoms with Crippen LogP contribution in [-0.2, 0) is 0 Å². The SMILES string of the molecule is Cc1ccc(-c2cc3n(n2)[C@H](c2ccc(F)cc2)[C@@H]2COc4ccccc4C2=N3)cc1. The van der Waals surface area contributed by atoms with Crippen molar-refractivity contribution in [2.24, 2.45) is 10.9 Å². The predicted molar refractivity (Wildman–Crippen MR) is 119 cm³/mol. The van der Waals surface area contributed by atoms with E-state index in [2.05, 4.69) is 37.3 Å². The first-order valence-electron chi connectivity index (χ1n) is 10.4. The highest BCUT2D eigenvalue weighted by Gasteiger charge is 2.40. The van der Waals surface area contributed by atoms with E-state index in [1.165, 1.54) is 17.7 Å². The fourth-order valence-electron chi connectivity index (χ4n) is 4.51. The summed E-state index contributed by atoms with van der Waals surface area (Å²) in [5.74, 6) is 1.38. The minimum atomic E-state index is -0.250. The number of aliphatic imine (C=N–C) groups is 1. The third-order valence-electron chi connectivity index (χ3n) is 6.09. The first kappa shape index (κ1) is 18.1. The summed E-state index contributed by atoms with van der Waals surface area (Å²) in [6, 6.07) is 24.9. The molecule has 3 aromatic carbocycles. The van der Waals surface area contributed by atoms with E-state index in [0.717, 1.165) is 39.7 Å². The predicted octanol–water partition coefficient (Wildman–Crippen LogP) is 5.73. The van der Waals surface area contributed by atoms with Crippen LogP contribution in [-0.4, -0.2) is 22.1 Å². The van der Waals surface area contributed by atoms with Gasteiger partial charge in [-0.15, -0.1) is 0 Å². The molecule has 0 aliphatic carbocycles. The number of hydrogen-bond donors (Lipinski definition) is 0. The Morgan fingerprint density at radius 3 is 2.55 bits per heavy atom. The van der Waals surface area contributed by atoms with Crippen LogP contribution >= 0.6 is 0 Å². The van der Waals surface area contributed by atoms with Gasteiger partial charge in [0.05, 0.1) is 30.0 Å². The molecule has 0 unspecified atom stereocenters. The Balaban J connectivity index is 1.55. The number of aromatic nitrogens is 2. The molecule has 0 saturated carbocycles. The van der Waals surface area contributed by atoms with Crippen molar-refractivity contribution in [3.05, 3.63) is 101 Å². The van der Waals surface area contributed by atoms with Gasteiger partial charge in [0.2, 0.25) is 0 Å². The van der Waals surface area contributed by atoms with E-state index in [1.54, 1.807) is 0 Å². The zero-order chi connectivity index (χ0) is 20.9. The highest BCUT2D eigenvalue weighted by molar-refractivity contribution is 6.07. The van der Waals surface area contributed by atoms with E-state index in [1.807, 2.05) is 41.1 Å². The van der Waals surface area contributed by atoms with Gasteiger partial charge >= 0.3 is 0 Å². The van der Waals surface area contributed by atoms with Crippen molar-refractivity contribution in [2.75, 3.05) is 6.61 Å².